The monoisotopic (exact) mass is 306 g/mol. The van der Waals surface area contributed by atoms with Gasteiger partial charge in [-0.15, -0.1) is 0 Å². The van der Waals surface area contributed by atoms with Crippen LogP contribution in [0.2, 0.25) is 0 Å². The van der Waals surface area contributed by atoms with E-state index in [1.165, 1.54) is 11.9 Å². The lowest BCUT2D eigenvalue weighted by Gasteiger charge is -2.27. The molecular formula is C16H22N2O4. The normalized spacial score (nSPS) is 11.4. The minimum absolute atomic E-state index is 0.216. The number of amides is 2. The summed E-state index contributed by atoms with van der Waals surface area (Å²) < 4.78 is 5.32. The molecule has 120 valence electrons. The first-order valence-electron chi connectivity index (χ1n) is 7.07. The van der Waals surface area contributed by atoms with Gasteiger partial charge in [0, 0.05) is 19.0 Å². The summed E-state index contributed by atoms with van der Waals surface area (Å²) in [4.78, 5) is 35.4. The molecule has 0 saturated heterocycles. The van der Waals surface area contributed by atoms with Crippen LogP contribution in [-0.4, -0.2) is 43.7 Å². The zero-order chi connectivity index (χ0) is 16.5. The number of aldehydes is 1. The van der Waals surface area contributed by atoms with Gasteiger partial charge in [-0.05, 0) is 25.0 Å². The van der Waals surface area contributed by atoms with Crippen molar-refractivity contribution in [1.82, 2.24) is 10.2 Å². The molecule has 1 aromatic rings. The molecule has 1 N–H and O–H groups in total. The van der Waals surface area contributed by atoms with Crippen molar-refractivity contribution in [1.29, 1.82) is 0 Å². The van der Waals surface area contributed by atoms with Crippen molar-refractivity contribution >= 4 is 18.6 Å². The van der Waals surface area contributed by atoms with Gasteiger partial charge in [0.15, 0.2) is 0 Å². The predicted octanol–water partition coefficient (Wildman–Crippen LogP) is 1.06. The van der Waals surface area contributed by atoms with E-state index < -0.39 is 6.04 Å². The Labute approximate surface area is 130 Å². The maximum absolute atomic E-state index is 12.0. The van der Waals surface area contributed by atoms with Crippen molar-refractivity contribution in [3.05, 3.63) is 29.3 Å². The van der Waals surface area contributed by atoms with Gasteiger partial charge in [-0.25, -0.2) is 0 Å². The third-order valence-corrected chi connectivity index (χ3v) is 3.57. The summed E-state index contributed by atoms with van der Waals surface area (Å²) in [6.45, 7) is 2.16. The van der Waals surface area contributed by atoms with Crippen LogP contribution in [0.3, 0.4) is 0 Å². The molecule has 0 saturated carbocycles. The van der Waals surface area contributed by atoms with E-state index in [4.69, 9.17) is 4.74 Å². The fourth-order valence-corrected chi connectivity index (χ4v) is 2.31. The largest absolute Gasteiger partial charge is 0.496 e. The summed E-state index contributed by atoms with van der Waals surface area (Å²) in [6, 6.07) is 4.91. The number of aryl methyl sites for hydroxylation is 1. The van der Waals surface area contributed by atoms with Crippen LogP contribution in [0.25, 0.3) is 0 Å². The molecule has 1 unspecified atom stereocenters. The van der Waals surface area contributed by atoms with E-state index in [1.807, 2.05) is 25.1 Å². The Morgan fingerprint density at radius 1 is 1.41 bits per heavy atom. The highest BCUT2D eigenvalue weighted by Crippen LogP contribution is 2.24. The highest BCUT2D eigenvalue weighted by atomic mass is 16.5. The van der Waals surface area contributed by atoms with E-state index >= 15 is 0 Å². The molecule has 1 aromatic carbocycles. The van der Waals surface area contributed by atoms with Gasteiger partial charge in [0.05, 0.1) is 13.7 Å². The first-order valence-corrected chi connectivity index (χ1v) is 7.07. The van der Waals surface area contributed by atoms with Crippen LogP contribution in [0.4, 0.5) is 0 Å². The van der Waals surface area contributed by atoms with E-state index in [1.54, 1.807) is 7.11 Å². The second kappa shape index (κ2) is 8.81. The molecule has 0 radical (unpaired) electrons. The minimum Gasteiger partial charge on any atom is -0.496 e. The fourth-order valence-electron chi connectivity index (χ4n) is 2.31. The number of carbonyl (C=O) groups excluding carboxylic acids is 3. The molecule has 0 aliphatic heterocycles. The lowest BCUT2D eigenvalue weighted by atomic mass is 10.0. The van der Waals surface area contributed by atoms with Crippen molar-refractivity contribution in [2.75, 3.05) is 14.2 Å². The number of ether oxygens (including phenoxy) is 1. The van der Waals surface area contributed by atoms with E-state index in [-0.39, 0.29) is 25.3 Å². The minimum atomic E-state index is -0.683. The van der Waals surface area contributed by atoms with Gasteiger partial charge in [0.25, 0.3) is 0 Å². The zero-order valence-corrected chi connectivity index (χ0v) is 13.2. The van der Waals surface area contributed by atoms with Crippen molar-refractivity contribution in [3.63, 3.8) is 0 Å². The van der Waals surface area contributed by atoms with E-state index in [2.05, 4.69) is 5.32 Å². The Morgan fingerprint density at radius 2 is 2.14 bits per heavy atom. The van der Waals surface area contributed by atoms with Gasteiger partial charge < -0.3 is 19.7 Å². The molecule has 1 atom stereocenters. The molecule has 6 nitrogen and oxygen atoms in total. The molecule has 0 bridgehead atoms. The van der Waals surface area contributed by atoms with Gasteiger partial charge in [0.1, 0.15) is 18.1 Å². The standard InChI is InChI=1S/C16H22N2O4/c1-12-6-4-8-15(22-3)13(12)10-18(11-20)14(7-5-9-19)16(21)17-2/h4,6,8-9,11,14H,5,7,10H2,1-3H3,(H,17,21). The second-order valence-electron chi connectivity index (χ2n) is 4.91. The molecule has 2 amide bonds. The van der Waals surface area contributed by atoms with Gasteiger partial charge in [-0.2, -0.15) is 0 Å². The lowest BCUT2D eigenvalue weighted by molar-refractivity contribution is -0.133. The van der Waals surface area contributed by atoms with Crippen LogP contribution in [-0.2, 0) is 20.9 Å². The average molecular weight is 306 g/mol. The number of carbonyl (C=O) groups is 3. The summed E-state index contributed by atoms with van der Waals surface area (Å²) in [5.74, 6) is 0.374. The van der Waals surface area contributed by atoms with E-state index in [0.717, 1.165) is 17.4 Å². The Bertz CT molecular complexity index is 531. The number of hydrogen-bond acceptors (Lipinski definition) is 4. The molecule has 0 heterocycles. The van der Waals surface area contributed by atoms with Crippen LogP contribution in [0, 0.1) is 6.92 Å². The van der Waals surface area contributed by atoms with Crippen molar-refractivity contribution in [3.8, 4) is 5.75 Å². The van der Waals surface area contributed by atoms with Crippen LogP contribution in [0.1, 0.15) is 24.0 Å². The lowest BCUT2D eigenvalue weighted by Crippen LogP contribution is -2.45. The summed E-state index contributed by atoms with van der Waals surface area (Å²) in [6.07, 6.45) is 1.88. The molecular weight excluding hydrogens is 284 g/mol. The van der Waals surface area contributed by atoms with Gasteiger partial charge in [0.2, 0.25) is 12.3 Å². The van der Waals surface area contributed by atoms with Crippen LogP contribution in [0.15, 0.2) is 18.2 Å². The van der Waals surface area contributed by atoms with E-state index in [0.29, 0.717) is 12.2 Å². The molecule has 1 rings (SSSR count). The van der Waals surface area contributed by atoms with E-state index in [9.17, 15) is 14.4 Å². The number of nitrogens with one attached hydrogen (secondary N) is 1. The maximum Gasteiger partial charge on any atom is 0.242 e. The third kappa shape index (κ3) is 4.31. The molecule has 22 heavy (non-hydrogen) atoms. The number of rotatable bonds is 9. The Kier molecular flexibility index (Phi) is 7.08. The highest BCUT2D eigenvalue weighted by molar-refractivity contribution is 5.83. The van der Waals surface area contributed by atoms with Gasteiger partial charge in [-0.3, -0.25) is 9.59 Å². The SMILES string of the molecule is CNC(=O)C(CCC=O)N(C=O)Cc1c(C)cccc1OC. The molecule has 0 fully saturated rings. The number of methoxy groups -OCH3 is 1. The fraction of sp³-hybridized carbons (Fsp3) is 0.438. The maximum atomic E-state index is 12.0. The Morgan fingerprint density at radius 3 is 2.68 bits per heavy atom. The summed E-state index contributed by atoms with van der Waals surface area (Å²) in [5.41, 5.74) is 1.81. The van der Waals surface area contributed by atoms with Crippen molar-refractivity contribution in [2.45, 2.75) is 32.4 Å². The number of likely N-dealkylation sites (N-methyl/N-ethyl adjacent to an activating group) is 1. The molecule has 0 aromatic heterocycles. The third-order valence-electron chi connectivity index (χ3n) is 3.57. The quantitative estimate of drug-likeness (QED) is 0.692. The smallest absolute Gasteiger partial charge is 0.242 e. The van der Waals surface area contributed by atoms with Crippen molar-refractivity contribution < 1.29 is 19.1 Å². The topological polar surface area (TPSA) is 75.7 Å². The van der Waals surface area contributed by atoms with Crippen LogP contribution >= 0.6 is 0 Å². The molecule has 0 aliphatic carbocycles. The molecule has 0 spiro atoms. The predicted molar refractivity (Wildman–Crippen MR) is 82.5 cm³/mol. The molecule has 0 aliphatic rings. The first-order chi connectivity index (χ1) is 10.6. The number of benzene rings is 1. The number of hydrogen-bond donors (Lipinski definition) is 1. The summed E-state index contributed by atoms with van der Waals surface area (Å²) in [7, 11) is 3.07. The number of nitrogens with zero attached hydrogens (tertiary/aromatic N) is 1. The summed E-state index contributed by atoms with van der Waals surface area (Å²) in [5, 5.41) is 2.53. The van der Waals surface area contributed by atoms with Gasteiger partial charge in [-0.1, -0.05) is 12.1 Å². The first kappa shape index (κ1) is 17.7. The Balaban J connectivity index is 3.05. The average Bonchev–Trinajstić information content (AvgIpc) is 2.54. The van der Waals surface area contributed by atoms with Gasteiger partial charge >= 0.3 is 0 Å². The summed E-state index contributed by atoms with van der Waals surface area (Å²) >= 11 is 0. The van der Waals surface area contributed by atoms with Crippen LogP contribution in [0.5, 0.6) is 5.75 Å². The zero-order valence-electron chi connectivity index (χ0n) is 13.2. The second-order valence-corrected chi connectivity index (χ2v) is 4.91. The van der Waals surface area contributed by atoms with Crippen LogP contribution < -0.4 is 10.1 Å². The van der Waals surface area contributed by atoms with Crippen molar-refractivity contribution in [2.24, 2.45) is 0 Å². The Hall–Kier alpha value is -2.37. The highest BCUT2D eigenvalue weighted by Gasteiger charge is 2.25. The molecule has 6 heteroatoms.